The number of nitrogens with one attached hydrogen (secondary N) is 1. The molecule has 3 rings (SSSR count). The Morgan fingerprint density at radius 3 is 2.88 bits per heavy atom. The van der Waals surface area contributed by atoms with E-state index in [-0.39, 0.29) is 12.5 Å². The number of ether oxygens (including phenoxy) is 1. The van der Waals surface area contributed by atoms with Crippen LogP contribution in [-0.2, 0) is 17.6 Å². The molecule has 0 aliphatic heterocycles. The fourth-order valence-electron chi connectivity index (χ4n) is 2.92. The molecule has 24 heavy (non-hydrogen) atoms. The van der Waals surface area contributed by atoms with E-state index in [1.54, 1.807) is 6.07 Å². The number of halogens is 1. The normalized spacial score (nSPS) is 13.1. The highest BCUT2D eigenvalue weighted by Gasteiger charge is 2.18. The third kappa shape index (κ3) is 3.77. The van der Waals surface area contributed by atoms with E-state index in [4.69, 9.17) is 16.3 Å². The Morgan fingerprint density at radius 2 is 2.04 bits per heavy atom. The standard InChI is InChI=1S/C19H19ClN2O2/c1-13-9-10-18(16-7-4-6-15(13)16)24-12-19(23)22-21-11-14-5-2-3-8-17(14)20/h2-3,5,8-11H,4,6-7,12H2,1H3,(H,22,23)/b21-11-. The number of benzene rings is 2. The van der Waals surface area contributed by atoms with Crippen LogP contribution < -0.4 is 10.2 Å². The van der Waals surface area contributed by atoms with Crippen molar-refractivity contribution in [2.45, 2.75) is 26.2 Å². The maximum atomic E-state index is 11.9. The van der Waals surface area contributed by atoms with Gasteiger partial charge in [-0.3, -0.25) is 4.79 Å². The number of fused-ring (bicyclic) bond motifs is 1. The van der Waals surface area contributed by atoms with Crippen LogP contribution >= 0.6 is 11.6 Å². The molecular formula is C19H19ClN2O2. The molecule has 1 amide bonds. The summed E-state index contributed by atoms with van der Waals surface area (Å²) in [5.74, 6) is 0.504. The molecule has 0 fully saturated rings. The first-order valence-electron chi connectivity index (χ1n) is 7.96. The quantitative estimate of drug-likeness (QED) is 0.666. The maximum absolute atomic E-state index is 11.9. The summed E-state index contributed by atoms with van der Waals surface area (Å²) in [4.78, 5) is 11.9. The molecule has 1 aliphatic rings. The Labute approximate surface area is 146 Å². The van der Waals surface area contributed by atoms with E-state index in [0.29, 0.717) is 5.02 Å². The molecule has 0 heterocycles. The summed E-state index contributed by atoms with van der Waals surface area (Å²) in [6, 6.07) is 11.3. The van der Waals surface area contributed by atoms with Gasteiger partial charge < -0.3 is 4.74 Å². The van der Waals surface area contributed by atoms with Gasteiger partial charge in [-0.15, -0.1) is 0 Å². The predicted octanol–water partition coefficient (Wildman–Crippen LogP) is 3.67. The molecule has 0 saturated carbocycles. The van der Waals surface area contributed by atoms with E-state index < -0.39 is 0 Å². The van der Waals surface area contributed by atoms with Gasteiger partial charge in [0, 0.05) is 10.6 Å². The van der Waals surface area contributed by atoms with Gasteiger partial charge in [-0.1, -0.05) is 35.9 Å². The minimum Gasteiger partial charge on any atom is -0.483 e. The van der Waals surface area contributed by atoms with Crippen LogP contribution in [0.15, 0.2) is 41.5 Å². The van der Waals surface area contributed by atoms with Crippen molar-refractivity contribution in [2.75, 3.05) is 6.61 Å². The number of aryl methyl sites for hydroxylation is 1. The SMILES string of the molecule is Cc1ccc(OCC(=O)N/N=C\c2ccccc2Cl)c2c1CCC2. The topological polar surface area (TPSA) is 50.7 Å². The monoisotopic (exact) mass is 342 g/mol. The Kier molecular flexibility index (Phi) is 5.16. The minimum absolute atomic E-state index is 0.0602. The van der Waals surface area contributed by atoms with Crippen molar-refractivity contribution in [2.24, 2.45) is 5.10 Å². The fraction of sp³-hybridized carbons (Fsp3) is 0.263. The van der Waals surface area contributed by atoms with E-state index in [9.17, 15) is 4.79 Å². The van der Waals surface area contributed by atoms with Gasteiger partial charge in [0.05, 0.1) is 6.21 Å². The summed E-state index contributed by atoms with van der Waals surface area (Å²) in [6.07, 6.45) is 4.76. The number of hydrazone groups is 1. The lowest BCUT2D eigenvalue weighted by Gasteiger charge is -2.11. The van der Waals surface area contributed by atoms with E-state index in [0.717, 1.165) is 30.6 Å². The van der Waals surface area contributed by atoms with Crippen LogP contribution in [0.25, 0.3) is 0 Å². The lowest BCUT2D eigenvalue weighted by Crippen LogP contribution is -2.24. The summed E-state index contributed by atoms with van der Waals surface area (Å²) in [5.41, 5.74) is 7.10. The number of amides is 1. The average molecular weight is 343 g/mol. The molecule has 124 valence electrons. The summed E-state index contributed by atoms with van der Waals surface area (Å²) in [5, 5.41) is 4.50. The smallest absolute Gasteiger partial charge is 0.277 e. The first-order valence-corrected chi connectivity index (χ1v) is 8.33. The van der Waals surface area contributed by atoms with Crippen molar-refractivity contribution in [1.29, 1.82) is 0 Å². The summed E-state index contributed by atoms with van der Waals surface area (Å²) in [6.45, 7) is 2.05. The molecule has 1 aliphatic carbocycles. The van der Waals surface area contributed by atoms with Gasteiger partial charge in [-0.25, -0.2) is 5.43 Å². The highest BCUT2D eigenvalue weighted by molar-refractivity contribution is 6.33. The molecular weight excluding hydrogens is 324 g/mol. The van der Waals surface area contributed by atoms with Gasteiger partial charge in [0.15, 0.2) is 6.61 Å². The predicted molar refractivity (Wildman–Crippen MR) is 95.9 cm³/mol. The minimum atomic E-state index is -0.300. The Balaban J connectivity index is 1.55. The molecule has 2 aromatic carbocycles. The van der Waals surface area contributed by atoms with Crippen LogP contribution in [0.5, 0.6) is 5.75 Å². The third-order valence-electron chi connectivity index (χ3n) is 4.13. The molecule has 4 nitrogen and oxygen atoms in total. The largest absolute Gasteiger partial charge is 0.483 e. The number of nitrogens with zero attached hydrogens (tertiary/aromatic N) is 1. The second kappa shape index (κ2) is 7.49. The molecule has 5 heteroatoms. The van der Waals surface area contributed by atoms with Gasteiger partial charge in [0.25, 0.3) is 5.91 Å². The van der Waals surface area contributed by atoms with Crippen molar-refractivity contribution >= 4 is 23.7 Å². The maximum Gasteiger partial charge on any atom is 0.277 e. The highest BCUT2D eigenvalue weighted by atomic mass is 35.5. The fourth-order valence-corrected chi connectivity index (χ4v) is 3.10. The van der Waals surface area contributed by atoms with Crippen molar-refractivity contribution in [3.63, 3.8) is 0 Å². The average Bonchev–Trinajstić information content (AvgIpc) is 3.07. The van der Waals surface area contributed by atoms with Crippen LogP contribution in [0.1, 0.15) is 28.7 Å². The molecule has 0 aromatic heterocycles. The van der Waals surface area contributed by atoms with Crippen molar-refractivity contribution in [3.8, 4) is 5.75 Å². The zero-order valence-electron chi connectivity index (χ0n) is 13.5. The van der Waals surface area contributed by atoms with Crippen molar-refractivity contribution in [1.82, 2.24) is 5.43 Å². The zero-order valence-corrected chi connectivity index (χ0v) is 14.3. The lowest BCUT2D eigenvalue weighted by atomic mass is 10.0. The molecule has 0 spiro atoms. The zero-order chi connectivity index (χ0) is 16.9. The van der Waals surface area contributed by atoms with Gasteiger partial charge in [-0.05, 0) is 55.0 Å². The van der Waals surface area contributed by atoms with Gasteiger partial charge in [0.2, 0.25) is 0 Å². The molecule has 0 atom stereocenters. The molecule has 1 N–H and O–H groups in total. The molecule has 0 radical (unpaired) electrons. The second-order valence-corrected chi connectivity index (χ2v) is 6.20. The van der Waals surface area contributed by atoms with E-state index in [1.165, 1.54) is 22.9 Å². The van der Waals surface area contributed by atoms with Crippen LogP contribution in [-0.4, -0.2) is 18.7 Å². The van der Waals surface area contributed by atoms with Gasteiger partial charge in [-0.2, -0.15) is 5.10 Å². The van der Waals surface area contributed by atoms with Gasteiger partial charge in [0.1, 0.15) is 5.75 Å². The first-order chi connectivity index (χ1) is 11.6. The number of carbonyl (C=O) groups is 1. The van der Waals surface area contributed by atoms with Crippen LogP contribution in [0.2, 0.25) is 5.02 Å². The summed E-state index contributed by atoms with van der Waals surface area (Å²) >= 11 is 6.02. The summed E-state index contributed by atoms with van der Waals surface area (Å²) in [7, 11) is 0. The van der Waals surface area contributed by atoms with E-state index >= 15 is 0 Å². The Bertz CT molecular complexity index is 787. The number of carbonyl (C=O) groups excluding carboxylic acids is 1. The number of rotatable bonds is 5. The third-order valence-corrected chi connectivity index (χ3v) is 4.48. The lowest BCUT2D eigenvalue weighted by molar-refractivity contribution is -0.123. The molecule has 0 unspecified atom stereocenters. The summed E-state index contributed by atoms with van der Waals surface area (Å²) < 4.78 is 5.68. The van der Waals surface area contributed by atoms with E-state index in [1.807, 2.05) is 30.3 Å². The Morgan fingerprint density at radius 1 is 1.25 bits per heavy atom. The number of hydrogen-bond donors (Lipinski definition) is 1. The number of hydrogen-bond acceptors (Lipinski definition) is 3. The van der Waals surface area contributed by atoms with Crippen LogP contribution in [0.3, 0.4) is 0 Å². The molecule has 0 bridgehead atoms. The molecule has 2 aromatic rings. The highest BCUT2D eigenvalue weighted by Crippen LogP contribution is 2.32. The molecule has 0 saturated heterocycles. The van der Waals surface area contributed by atoms with Crippen molar-refractivity contribution < 1.29 is 9.53 Å². The van der Waals surface area contributed by atoms with Crippen LogP contribution in [0.4, 0.5) is 0 Å². The van der Waals surface area contributed by atoms with Gasteiger partial charge >= 0.3 is 0 Å². The second-order valence-electron chi connectivity index (χ2n) is 5.79. The van der Waals surface area contributed by atoms with Crippen LogP contribution in [0, 0.1) is 6.92 Å². The first kappa shape index (κ1) is 16.5. The Hall–Kier alpha value is -2.33. The van der Waals surface area contributed by atoms with Crippen molar-refractivity contribution in [3.05, 3.63) is 63.7 Å². The van der Waals surface area contributed by atoms with E-state index in [2.05, 4.69) is 17.5 Å².